The molecule has 0 aliphatic heterocycles. The molecule has 19 heavy (non-hydrogen) atoms. The Balaban J connectivity index is 2.75. The van der Waals surface area contributed by atoms with E-state index < -0.39 is 11.5 Å². The zero-order chi connectivity index (χ0) is 14.0. The summed E-state index contributed by atoms with van der Waals surface area (Å²) in [4.78, 5) is 26.0. The average molecular weight is 259 g/mol. The molecule has 2 rings (SSSR count). The molecule has 0 spiro atoms. The summed E-state index contributed by atoms with van der Waals surface area (Å²) in [5.41, 5.74) is -0.246. The highest BCUT2D eigenvalue weighted by atomic mass is 16.4. The maximum atomic E-state index is 12.4. The van der Waals surface area contributed by atoms with E-state index in [0.717, 1.165) is 5.56 Å². The van der Waals surface area contributed by atoms with Crippen LogP contribution >= 0.6 is 0 Å². The van der Waals surface area contributed by atoms with Crippen LogP contribution in [-0.4, -0.2) is 34.8 Å². The summed E-state index contributed by atoms with van der Waals surface area (Å²) >= 11 is 0. The number of benzene rings is 1. The van der Waals surface area contributed by atoms with Gasteiger partial charge in [0.2, 0.25) is 5.54 Å². The van der Waals surface area contributed by atoms with E-state index in [0.29, 0.717) is 18.7 Å². The van der Waals surface area contributed by atoms with Gasteiger partial charge in [-0.1, -0.05) is 44.2 Å². The molecule has 1 aliphatic carbocycles. The smallest absolute Gasteiger partial charge is 0.337 e. The first-order valence-electron chi connectivity index (χ1n) is 6.39. The van der Waals surface area contributed by atoms with Gasteiger partial charge in [0.1, 0.15) is 0 Å². The average Bonchev–Trinajstić information content (AvgIpc) is 2.42. The second kappa shape index (κ2) is 4.97. The SMILES string of the molecule is CCN(CC)C1(C(=O)O)C(=O)C=Cc2ccccc21. The summed E-state index contributed by atoms with van der Waals surface area (Å²) < 4.78 is 0. The van der Waals surface area contributed by atoms with Gasteiger partial charge in [0, 0.05) is 0 Å². The van der Waals surface area contributed by atoms with E-state index in [2.05, 4.69) is 0 Å². The molecular formula is C15H17NO3. The zero-order valence-electron chi connectivity index (χ0n) is 11.1. The maximum absolute atomic E-state index is 12.4. The molecule has 0 aromatic heterocycles. The first-order valence-corrected chi connectivity index (χ1v) is 6.39. The summed E-state index contributed by atoms with van der Waals surface area (Å²) in [6, 6.07) is 7.17. The number of ketones is 1. The monoisotopic (exact) mass is 259 g/mol. The Morgan fingerprint density at radius 1 is 1.21 bits per heavy atom. The second-order valence-corrected chi connectivity index (χ2v) is 4.47. The molecule has 4 nitrogen and oxygen atoms in total. The Morgan fingerprint density at radius 3 is 2.42 bits per heavy atom. The largest absolute Gasteiger partial charge is 0.479 e. The van der Waals surface area contributed by atoms with Crippen LogP contribution in [0.3, 0.4) is 0 Å². The molecule has 1 aromatic carbocycles. The molecule has 0 amide bonds. The Labute approximate surface area is 112 Å². The molecule has 4 heteroatoms. The van der Waals surface area contributed by atoms with E-state index in [9.17, 15) is 14.7 Å². The first kappa shape index (κ1) is 13.5. The molecule has 0 heterocycles. The van der Waals surface area contributed by atoms with Gasteiger partial charge < -0.3 is 5.11 Å². The lowest BCUT2D eigenvalue weighted by atomic mass is 9.77. The third-order valence-electron chi connectivity index (χ3n) is 3.67. The second-order valence-electron chi connectivity index (χ2n) is 4.47. The number of nitrogens with zero attached hydrogens (tertiary/aromatic N) is 1. The van der Waals surface area contributed by atoms with Crippen LogP contribution in [0.1, 0.15) is 25.0 Å². The van der Waals surface area contributed by atoms with Gasteiger partial charge in [-0.3, -0.25) is 9.69 Å². The molecule has 0 saturated heterocycles. The fourth-order valence-corrected chi connectivity index (χ4v) is 2.77. The molecule has 1 aromatic rings. The van der Waals surface area contributed by atoms with Crippen LogP contribution in [0.25, 0.3) is 6.08 Å². The lowest BCUT2D eigenvalue weighted by Crippen LogP contribution is -2.58. The topological polar surface area (TPSA) is 57.6 Å². The van der Waals surface area contributed by atoms with Crippen molar-refractivity contribution in [3.63, 3.8) is 0 Å². The number of carbonyl (C=O) groups is 2. The summed E-state index contributed by atoms with van der Waals surface area (Å²) in [6.07, 6.45) is 3.05. The van der Waals surface area contributed by atoms with E-state index >= 15 is 0 Å². The van der Waals surface area contributed by atoms with Crippen molar-refractivity contribution in [1.82, 2.24) is 4.90 Å². The van der Waals surface area contributed by atoms with E-state index in [4.69, 9.17) is 0 Å². The third kappa shape index (κ3) is 1.79. The van der Waals surface area contributed by atoms with Crippen LogP contribution in [0.4, 0.5) is 0 Å². The van der Waals surface area contributed by atoms with Crippen molar-refractivity contribution in [3.8, 4) is 0 Å². The van der Waals surface area contributed by atoms with Gasteiger partial charge in [0.25, 0.3) is 0 Å². The molecule has 0 saturated carbocycles. The van der Waals surface area contributed by atoms with Crippen molar-refractivity contribution in [2.75, 3.05) is 13.1 Å². The number of carbonyl (C=O) groups excluding carboxylic acids is 1. The van der Waals surface area contributed by atoms with Crippen molar-refractivity contribution in [1.29, 1.82) is 0 Å². The van der Waals surface area contributed by atoms with Crippen LogP contribution in [0, 0.1) is 0 Å². The summed E-state index contributed by atoms with van der Waals surface area (Å²) in [5, 5.41) is 9.74. The number of fused-ring (bicyclic) bond motifs is 1. The number of likely N-dealkylation sites (N-methyl/N-ethyl adjacent to an activating group) is 1. The lowest BCUT2D eigenvalue weighted by molar-refractivity contribution is -0.157. The number of hydrogen-bond acceptors (Lipinski definition) is 3. The quantitative estimate of drug-likeness (QED) is 0.839. The fraction of sp³-hybridized carbons (Fsp3) is 0.333. The number of aliphatic carboxylic acids is 1. The molecule has 100 valence electrons. The molecule has 1 atom stereocenters. The molecule has 1 aliphatic rings. The van der Waals surface area contributed by atoms with Crippen molar-refractivity contribution in [2.24, 2.45) is 0 Å². The Hall–Kier alpha value is -1.94. The first-order chi connectivity index (χ1) is 9.08. The minimum atomic E-state index is -1.59. The summed E-state index contributed by atoms with van der Waals surface area (Å²) in [6.45, 7) is 4.72. The normalized spacial score (nSPS) is 21.5. The van der Waals surface area contributed by atoms with E-state index in [1.807, 2.05) is 26.0 Å². The van der Waals surface area contributed by atoms with Gasteiger partial charge in [-0.2, -0.15) is 0 Å². The molecule has 0 bridgehead atoms. The van der Waals surface area contributed by atoms with Crippen LogP contribution in [0.5, 0.6) is 0 Å². The van der Waals surface area contributed by atoms with Crippen molar-refractivity contribution < 1.29 is 14.7 Å². The highest BCUT2D eigenvalue weighted by molar-refractivity contribution is 6.17. The standard InChI is InChI=1S/C15H17NO3/c1-3-16(4-2)15(14(18)19)12-8-6-5-7-11(12)9-10-13(15)17/h5-10H,3-4H2,1-2H3,(H,18,19). The Kier molecular flexibility index (Phi) is 3.53. The van der Waals surface area contributed by atoms with Crippen molar-refractivity contribution in [2.45, 2.75) is 19.4 Å². The Bertz CT molecular complexity index is 546. The number of rotatable bonds is 4. The van der Waals surface area contributed by atoms with Crippen LogP contribution in [0.15, 0.2) is 30.3 Å². The highest BCUT2D eigenvalue weighted by Crippen LogP contribution is 2.36. The van der Waals surface area contributed by atoms with E-state index in [-0.39, 0.29) is 5.78 Å². The molecular weight excluding hydrogens is 242 g/mol. The van der Waals surface area contributed by atoms with Gasteiger partial charge in [0.05, 0.1) is 0 Å². The van der Waals surface area contributed by atoms with Crippen LogP contribution in [0.2, 0.25) is 0 Å². The van der Waals surface area contributed by atoms with E-state index in [1.54, 1.807) is 23.1 Å². The molecule has 0 radical (unpaired) electrons. The summed E-state index contributed by atoms with van der Waals surface area (Å²) in [5.74, 6) is -1.50. The van der Waals surface area contributed by atoms with Gasteiger partial charge >= 0.3 is 5.97 Å². The number of carboxylic acids is 1. The highest BCUT2D eigenvalue weighted by Gasteiger charge is 2.52. The third-order valence-corrected chi connectivity index (χ3v) is 3.67. The predicted molar refractivity (Wildman–Crippen MR) is 72.7 cm³/mol. The minimum Gasteiger partial charge on any atom is -0.479 e. The fourth-order valence-electron chi connectivity index (χ4n) is 2.77. The van der Waals surface area contributed by atoms with Crippen molar-refractivity contribution in [3.05, 3.63) is 41.5 Å². The minimum absolute atomic E-state index is 0.387. The lowest BCUT2D eigenvalue weighted by Gasteiger charge is -2.40. The number of carboxylic acid groups (broad SMARTS) is 1. The molecule has 1 N–H and O–H groups in total. The molecule has 1 unspecified atom stereocenters. The van der Waals surface area contributed by atoms with Gasteiger partial charge in [-0.05, 0) is 30.3 Å². The van der Waals surface area contributed by atoms with Crippen LogP contribution in [-0.2, 0) is 15.1 Å². The van der Waals surface area contributed by atoms with Gasteiger partial charge in [0.15, 0.2) is 5.78 Å². The van der Waals surface area contributed by atoms with E-state index in [1.165, 1.54) is 6.08 Å². The predicted octanol–water partition coefficient (Wildman–Crippen LogP) is 1.90. The summed E-state index contributed by atoms with van der Waals surface area (Å²) in [7, 11) is 0. The maximum Gasteiger partial charge on any atom is 0.337 e. The van der Waals surface area contributed by atoms with Gasteiger partial charge in [-0.15, -0.1) is 0 Å². The molecule has 0 fully saturated rings. The van der Waals surface area contributed by atoms with Crippen LogP contribution < -0.4 is 0 Å². The van der Waals surface area contributed by atoms with Gasteiger partial charge in [-0.25, -0.2) is 4.79 Å². The Morgan fingerprint density at radius 2 is 1.84 bits per heavy atom. The zero-order valence-corrected chi connectivity index (χ0v) is 11.1. The van der Waals surface area contributed by atoms with Crippen molar-refractivity contribution >= 4 is 17.8 Å². The number of hydrogen-bond donors (Lipinski definition) is 1.